The first-order chi connectivity index (χ1) is 21.6. The second-order valence-corrected chi connectivity index (χ2v) is 16.3. The van der Waals surface area contributed by atoms with Crippen LogP contribution < -0.4 is 16.5 Å². The molecule has 14 heteroatoms. The quantitative estimate of drug-likeness (QED) is 0.0722. The lowest BCUT2D eigenvalue weighted by Gasteiger charge is -2.64. The Kier molecular flexibility index (Phi) is 9.73. The van der Waals surface area contributed by atoms with Gasteiger partial charge >= 0.3 is 7.12 Å². The number of nitrogens with zero attached hydrogens (tertiary/aromatic N) is 2. The number of nitro groups is 1. The minimum absolute atomic E-state index is 0.0560. The third-order valence-electron chi connectivity index (χ3n) is 10.4. The normalized spacial score (nSPS) is 26.7. The summed E-state index contributed by atoms with van der Waals surface area (Å²) in [6.45, 7) is 10.9. The van der Waals surface area contributed by atoms with Crippen LogP contribution in [0.4, 0.5) is 0 Å². The number of hydrazine groups is 1. The summed E-state index contributed by atoms with van der Waals surface area (Å²) in [6.07, 6.45) is 3.01. The Morgan fingerprint density at radius 2 is 1.89 bits per heavy atom. The lowest BCUT2D eigenvalue weighted by atomic mass is 9.43. The molecule has 4 fully saturated rings. The molecule has 1 aliphatic heterocycles. The van der Waals surface area contributed by atoms with E-state index in [2.05, 4.69) is 44.9 Å². The van der Waals surface area contributed by atoms with E-state index in [4.69, 9.17) is 15.0 Å². The third-order valence-corrected chi connectivity index (χ3v) is 12.3. The Balaban J connectivity index is 1.36. The van der Waals surface area contributed by atoms with Gasteiger partial charge in [0.1, 0.15) is 0 Å². The van der Waals surface area contributed by atoms with E-state index < -0.39 is 51.1 Å². The molecule has 6 rings (SSSR count). The lowest BCUT2D eigenvalue weighted by molar-refractivity contribution is -0.525. The summed E-state index contributed by atoms with van der Waals surface area (Å²) >= 11 is 0. The maximum absolute atomic E-state index is 14.1. The van der Waals surface area contributed by atoms with Crippen LogP contribution in [-0.2, 0) is 23.9 Å². The molecule has 1 amide bonds. The number of guanidine groups is 1. The first kappa shape index (κ1) is 34.1. The van der Waals surface area contributed by atoms with Gasteiger partial charge in [-0.05, 0) is 73.6 Å². The number of amides is 1. The molecule has 0 radical (unpaired) electrons. The van der Waals surface area contributed by atoms with Gasteiger partial charge in [-0.3, -0.25) is 4.79 Å². The maximum Gasteiger partial charge on any atom is 0.481 e. The van der Waals surface area contributed by atoms with Crippen LogP contribution in [0.2, 0.25) is 0 Å². The van der Waals surface area contributed by atoms with Crippen molar-refractivity contribution in [3.05, 3.63) is 52.6 Å². The van der Waals surface area contributed by atoms with E-state index >= 15 is 0 Å². The summed E-state index contributed by atoms with van der Waals surface area (Å²) in [5.41, 5.74) is 7.06. The van der Waals surface area contributed by atoms with Gasteiger partial charge in [-0.2, -0.15) is 0 Å². The van der Waals surface area contributed by atoms with Crippen molar-refractivity contribution in [2.24, 2.45) is 39.8 Å². The van der Waals surface area contributed by atoms with E-state index in [1.165, 1.54) is 0 Å². The van der Waals surface area contributed by atoms with Crippen molar-refractivity contribution in [2.45, 2.75) is 89.3 Å². The number of nitrogens with one attached hydrogen (secondary N) is 2. The van der Waals surface area contributed by atoms with Gasteiger partial charge in [0.2, 0.25) is 5.91 Å². The summed E-state index contributed by atoms with van der Waals surface area (Å²) in [6, 6.07) is 12.4. The molecule has 3 saturated carbocycles. The highest BCUT2D eigenvalue weighted by molar-refractivity contribution is 7.91. The van der Waals surface area contributed by atoms with E-state index in [0.717, 1.165) is 18.2 Å². The van der Waals surface area contributed by atoms with Crippen molar-refractivity contribution in [1.29, 1.82) is 0 Å². The van der Waals surface area contributed by atoms with Crippen LogP contribution in [0.1, 0.15) is 66.7 Å². The standard InChI is InChI=1S/C32H46BN5O7S/c1-20(2)16-28(33-44-27-18-23-17-26(31(23,3)4)32(27,5)45-33)36-29(39)22(12-9-15-35-30(34)37-38(40)41)19-46(42,43)25-14-8-11-21-10-6-7-13-24(21)25/h6-8,10-11,13-14,20,22-23,26-28H,9,12,15-19H2,1-5H3,(H,36,39)(H3,34,35,37)/t22-,23-,26-,27-,28+,32+/m1/s1. The minimum Gasteiger partial charge on any atom is -0.404 e. The number of benzene rings is 2. The molecule has 2 aromatic carbocycles. The maximum atomic E-state index is 14.1. The van der Waals surface area contributed by atoms with Crippen LogP contribution in [0.5, 0.6) is 0 Å². The second kappa shape index (κ2) is 13.1. The molecule has 3 aliphatic carbocycles. The molecule has 2 bridgehead atoms. The topological polar surface area (TPSA) is 175 Å². The van der Waals surface area contributed by atoms with Gasteiger partial charge in [-0.15, -0.1) is 0 Å². The summed E-state index contributed by atoms with van der Waals surface area (Å²) in [5.74, 6) is -1.44. The zero-order valence-electron chi connectivity index (χ0n) is 27.3. The van der Waals surface area contributed by atoms with Gasteiger partial charge in [0.25, 0.3) is 5.96 Å². The Labute approximate surface area is 271 Å². The molecular weight excluding hydrogens is 609 g/mol. The van der Waals surface area contributed by atoms with Crippen LogP contribution >= 0.6 is 0 Å². The predicted molar refractivity (Wildman–Crippen MR) is 177 cm³/mol. The number of fused-ring (bicyclic) bond motifs is 1. The van der Waals surface area contributed by atoms with Crippen molar-refractivity contribution < 1.29 is 27.6 Å². The molecular formula is C32H46BN5O7S. The molecule has 250 valence electrons. The number of nitrogens with two attached hydrogens (primary N) is 1. The van der Waals surface area contributed by atoms with E-state index in [1.54, 1.807) is 29.7 Å². The summed E-state index contributed by atoms with van der Waals surface area (Å²) in [4.78, 5) is 28.8. The SMILES string of the molecule is CC(C)C[C@H](NC(=O)[C@H](CCCN=C(N)N[N+](=O)[O-])CS(=O)(=O)c1cccc2ccccc12)B1O[C@@H]2C[C@H]3C[C@H](C3(C)C)[C@]2(C)O1. The zero-order valence-corrected chi connectivity index (χ0v) is 28.1. The molecule has 0 aromatic heterocycles. The average Bonchev–Trinajstić information content (AvgIpc) is 3.34. The number of sulfone groups is 1. The molecule has 0 unspecified atom stereocenters. The summed E-state index contributed by atoms with van der Waals surface area (Å²) in [7, 11) is -4.55. The summed E-state index contributed by atoms with van der Waals surface area (Å²) < 4.78 is 41.0. The number of carbonyl (C=O) groups is 1. The van der Waals surface area contributed by atoms with Crippen molar-refractivity contribution in [1.82, 2.24) is 10.7 Å². The monoisotopic (exact) mass is 655 g/mol. The first-order valence-corrected chi connectivity index (χ1v) is 17.8. The number of rotatable bonds is 13. The van der Waals surface area contributed by atoms with E-state index in [1.807, 2.05) is 18.2 Å². The van der Waals surface area contributed by atoms with E-state index in [0.29, 0.717) is 23.6 Å². The van der Waals surface area contributed by atoms with Gasteiger partial charge in [-0.1, -0.05) is 69.5 Å². The molecule has 4 N–H and O–H groups in total. The predicted octanol–water partition coefficient (Wildman–Crippen LogP) is 3.90. The number of carbonyl (C=O) groups excluding carboxylic acids is 1. The average molecular weight is 656 g/mol. The van der Waals surface area contributed by atoms with Crippen LogP contribution in [0.25, 0.3) is 10.8 Å². The smallest absolute Gasteiger partial charge is 0.404 e. The molecule has 1 saturated heterocycles. The van der Waals surface area contributed by atoms with Crippen molar-refractivity contribution in [3.8, 4) is 0 Å². The molecule has 46 heavy (non-hydrogen) atoms. The molecule has 2 aromatic rings. The second-order valence-electron chi connectivity index (χ2n) is 14.3. The van der Waals surface area contributed by atoms with Crippen LogP contribution in [0.3, 0.4) is 0 Å². The van der Waals surface area contributed by atoms with Crippen molar-refractivity contribution in [2.75, 3.05) is 12.3 Å². The highest BCUT2D eigenvalue weighted by Crippen LogP contribution is 2.65. The largest absolute Gasteiger partial charge is 0.481 e. The van der Waals surface area contributed by atoms with Crippen molar-refractivity contribution in [3.63, 3.8) is 0 Å². The number of aliphatic imine (C=N–C) groups is 1. The fourth-order valence-electron chi connectivity index (χ4n) is 7.90. The first-order valence-electron chi connectivity index (χ1n) is 16.2. The molecule has 0 spiro atoms. The number of hydrogen-bond donors (Lipinski definition) is 3. The lowest BCUT2D eigenvalue weighted by Crippen LogP contribution is -2.65. The fourth-order valence-corrected chi connectivity index (χ4v) is 9.73. The van der Waals surface area contributed by atoms with Crippen LogP contribution in [0, 0.1) is 39.2 Å². The Morgan fingerprint density at radius 1 is 1.17 bits per heavy atom. The van der Waals surface area contributed by atoms with Crippen LogP contribution in [-0.4, -0.2) is 62.4 Å². The molecule has 12 nitrogen and oxygen atoms in total. The highest BCUT2D eigenvalue weighted by Gasteiger charge is 2.68. The van der Waals surface area contributed by atoms with Gasteiger partial charge in [-0.25, -0.2) is 23.5 Å². The van der Waals surface area contributed by atoms with Crippen molar-refractivity contribution >= 4 is 39.6 Å². The van der Waals surface area contributed by atoms with Gasteiger partial charge in [0, 0.05) is 11.9 Å². The Morgan fingerprint density at radius 3 is 2.59 bits per heavy atom. The van der Waals surface area contributed by atoms with Gasteiger partial charge < -0.3 is 20.4 Å². The fraction of sp³-hybridized carbons (Fsp3) is 0.625. The van der Waals surface area contributed by atoms with Crippen LogP contribution in [0.15, 0.2) is 52.4 Å². The number of hydrogen-bond acceptors (Lipinski definition) is 8. The highest BCUT2D eigenvalue weighted by atomic mass is 32.2. The molecule has 4 aliphatic rings. The minimum atomic E-state index is -3.91. The van der Waals surface area contributed by atoms with E-state index in [9.17, 15) is 23.3 Å². The zero-order chi connectivity index (χ0) is 33.4. The molecule has 1 heterocycles. The third kappa shape index (κ3) is 6.89. The Hall–Kier alpha value is -3.23. The summed E-state index contributed by atoms with van der Waals surface area (Å²) in [5, 5.41) is 14.4. The Bertz CT molecular complexity index is 1600. The molecule has 6 atom stereocenters. The van der Waals surface area contributed by atoms with Gasteiger partial charge in [0.05, 0.1) is 34.2 Å². The van der Waals surface area contributed by atoms with Gasteiger partial charge in [0.15, 0.2) is 14.9 Å². The van der Waals surface area contributed by atoms with E-state index in [-0.39, 0.29) is 47.7 Å².